The van der Waals surface area contributed by atoms with Crippen LogP contribution in [0.25, 0.3) is 11.0 Å². The highest BCUT2D eigenvalue weighted by atomic mass is 16.5. The maximum absolute atomic E-state index is 13.9. The zero-order valence-electron chi connectivity index (χ0n) is 20.5. The predicted molar refractivity (Wildman–Crippen MR) is 138 cm³/mol. The number of hydrogen-bond donors (Lipinski definition) is 2. The first-order valence-corrected chi connectivity index (χ1v) is 11.5. The molecule has 1 amide bonds. The molecular weight excluding hydrogens is 440 g/mol. The second kappa shape index (κ2) is 8.83. The number of imidazole rings is 1. The number of hydrogen-bond acceptors (Lipinski definition) is 5. The second-order valence-corrected chi connectivity index (χ2v) is 8.72. The molecule has 4 aromatic rings. The van der Waals surface area contributed by atoms with Crippen LogP contribution in [0.1, 0.15) is 29.7 Å². The van der Waals surface area contributed by atoms with E-state index in [1.807, 2.05) is 75.4 Å². The van der Waals surface area contributed by atoms with Gasteiger partial charge in [-0.05, 0) is 50.6 Å². The molecule has 35 heavy (non-hydrogen) atoms. The smallest absolute Gasteiger partial charge is 0.255 e. The lowest BCUT2D eigenvalue weighted by Gasteiger charge is -2.32. The number of fused-ring (bicyclic) bond motifs is 3. The molecule has 0 radical (unpaired) electrons. The topological polar surface area (TPSA) is 77.4 Å². The maximum Gasteiger partial charge on any atom is 0.255 e. The summed E-state index contributed by atoms with van der Waals surface area (Å²) in [6.07, 6.45) is 0. The highest BCUT2D eigenvalue weighted by Crippen LogP contribution is 2.45. The van der Waals surface area contributed by atoms with E-state index in [9.17, 15) is 4.79 Å². The lowest BCUT2D eigenvalue weighted by Crippen LogP contribution is -2.31. The fraction of sp³-hybridized carbons (Fsp3) is 0.214. The van der Waals surface area contributed by atoms with E-state index in [1.165, 1.54) is 0 Å². The van der Waals surface area contributed by atoms with Crippen molar-refractivity contribution in [2.24, 2.45) is 0 Å². The number of aryl methyl sites for hydroxylation is 2. The Morgan fingerprint density at radius 1 is 1.00 bits per heavy atom. The van der Waals surface area contributed by atoms with Crippen molar-refractivity contribution in [2.75, 3.05) is 24.9 Å². The highest BCUT2D eigenvalue weighted by molar-refractivity contribution is 6.07. The molecule has 7 heteroatoms. The standard InChI is InChI=1S/C28H28N4O3/c1-16-13-14-20(17(2)15-16)30-27(33)24-18(3)29-28-31-21-10-6-7-11-22(21)32(28)25(24)19-9-8-12-23(34-4)26(19)35-5/h6-15,25H,1-5H3,(H,29,31)(H,30,33)/t25-/m1/s1. The molecule has 0 saturated heterocycles. The summed E-state index contributed by atoms with van der Waals surface area (Å²) in [7, 11) is 3.22. The third kappa shape index (κ3) is 3.79. The van der Waals surface area contributed by atoms with Crippen LogP contribution in [0.15, 0.2) is 71.9 Å². The molecule has 0 fully saturated rings. The van der Waals surface area contributed by atoms with Gasteiger partial charge in [0.25, 0.3) is 5.91 Å². The number of amides is 1. The van der Waals surface area contributed by atoms with Crippen molar-refractivity contribution in [1.29, 1.82) is 0 Å². The zero-order chi connectivity index (χ0) is 24.7. The molecule has 5 rings (SSSR count). The summed E-state index contributed by atoms with van der Waals surface area (Å²) in [5, 5.41) is 6.49. The lowest BCUT2D eigenvalue weighted by atomic mass is 9.93. The van der Waals surface area contributed by atoms with Gasteiger partial charge in [0.1, 0.15) is 0 Å². The summed E-state index contributed by atoms with van der Waals surface area (Å²) in [5.74, 6) is 1.65. The number of carbonyl (C=O) groups excluding carboxylic acids is 1. The van der Waals surface area contributed by atoms with Gasteiger partial charge in [0.15, 0.2) is 11.5 Å². The van der Waals surface area contributed by atoms with Gasteiger partial charge < -0.3 is 20.1 Å². The second-order valence-electron chi connectivity index (χ2n) is 8.72. The number of nitrogens with zero attached hydrogens (tertiary/aromatic N) is 2. The molecule has 2 N–H and O–H groups in total. The number of allylic oxidation sites excluding steroid dienone is 1. The number of methoxy groups -OCH3 is 2. The summed E-state index contributed by atoms with van der Waals surface area (Å²) in [4.78, 5) is 18.7. The van der Waals surface area contributed by atoms with Crippen molar-refractivity contribution in [3.63, 3.8) is 0 Å². The first-order chi connectivity index (χ1) is 16.9. The number of carbonyl (C=O) groups is 1. The molecule has 0 saturated carbocycles. The van der Waals surface area contributed by atoms with Crippen LogP contribution in [-0.2, 0) is 4.79 Å². The summed E-state index contributed by atoms with van der Waals surface area (Å²) < 4.78 is 13.4. The molecule has 0 aliphatic carbocycles. The SMILES string of the molecule is COc1cccc([C@@H]2C(C(=O)Nc3ccc(C)cc3C)=C(C)Nc3nc4ccccc4n32)c1OC. The first-order valence-electron chi connectivity index (χ1n) is 11.5. The van der Waals surface area contributed by atoms with Gasteiger partial charge in [0.2, 0.25) is 5.95 Å². The number of nitrogens with one attached hydrogen (secondary N) is 2. The van der Waals surface area contributed by atoms with Gasteiger partial charge in [-0.3, -0.25) is 9.36 Å². The van der Waals surface area contributed by atoms with E-state index < -0.39 is 6.04 Å². The van der Waals surface area contributed by atoms with Crippen LogP contribution in [-0.4, -0.2) is 29.7 Å². The van der Waals surface area contributed by atoms with Gasteiger partial charge in [-0.15, -0.1) is 0 Å². The Labute approximate surface area is 204 Å². The summed E-state index contributed by atoms with van der Waals surface area (Å²) >= 11 is 0. The van der Waals surface area contributed by atoms with E-state index >= 15 is 0 Å². The Morgan fingerprint density at radius 2 is 1.80 bits per heavy atom. The van der Waals surface area contributed by atoms with Gasteiger partial charge in [0, 0.05) is 16.9 Å². The normalized spacial score (nSPS) is 14.9. The van der Waals surface area contributed by atoms with Crippen LogP contribution >= 0.6 is 0 Å². The zero-order valence-corrected chi connectivity index (χ0v) is 20.5. The molecule has 1 aliphatic rings. The summed E-state index contributed by atoms with van der Waals surface area (Å²) in [6, 6.07) is 19.1. The van der Waals surface area contributed by atoms with E-state index in [0.29, 0.717) is 23.0 Å². The largest absolute Gasteiger partial charge is 0.493 e. The van der Waals surface area contributed by atoms with Gasteiger partial charge in [-0.2, -0.15) is 0 Å². The van der Waals surface area contributed by atoms with E-state index in [0.717, 1.165) is 39.1 Å². The molecule has 0 bridgehead atoms. The average Bonchev–Trinajstić information content (AvgIpc) is 3.22. The molecule has 0 spiro atoms. The molecule has 1 aromatic heterocycles. The molecule has 1 atom stereocenters. The molecular formula is C28H28N4O3. The summed E-state index contributed by atoms with van der Waals surface area (Å²) in [6.45, 7) is 5.93. The highest BCUT2D eigenvalue weighted by Gasteiger charge is 2.36. The van der Waals surface area contributed by atoms with Gasteiger partial charge in [-0.1, -0.05) is 42.0 Å². The van der Waals surface area contributed by atoms with Crippen molar-refractivity contribution in [2.45, 2.75) is 26.8 Å². The fourth-order valence-electron chi connectivity index (χ4n) is 4.82. The lowest BCUT2D eigenvalue weighted by molar-refractivity contribution is -0.113. The molecule has 2 heterocycles. The van der Waals surface area contributed by atoms with Gasteiger partial charge in [0.05, 0.1) is 36.9 Å². The number of ether oxygens (including phenoxy) is 2. The third-order valence-corrected chi connectivity index (χ3v) is 6.43. The number of rotatable bonds is 5. The van der Waals surface area contributed by atoms with Crippen molar-refractivity contribution < 1.29 is 14.3 Å². The van der Waals surface area contributed by atoms with Gasteiger partial charge in [-0.25, -0.2) is 4.98 Å². The van der Waals surface area contributed by atoms with Crippen molar-refractivity contribution in [3.05, 3.63) is 88.6 Å². The average molecular weight is 469 g/mol. The number of benzene rings is 3. The van der Waals surface area contributed by atoms with Crippen LogP contribution in [0, 0.1) is 13.8 Å². The van der Waals surface area contributed by atoms with Crippen molar-refractivity contribution >= 4 is 28.6 Å². The van der Waals surface area contributed by atoms with E-state index in [-0.39, 0.29) is 5.91 Å². The van der Waals surface area contributed by atoms with Crippen molar-refractivity contribution in [3.8, 4) is 11.5 Å². The van der Waals surface area contributed by atoms with Gasteiger partial charge >= 0.3 is 0 Å². The number of anilines is 2. The minimum Gasteiger partial charge on any atom is -0.493 e. The molecule has 178 valence electrons. The predicted octanol–water partition coefficient (Wildman–Crippen LogP) is 5.60. The Hall–Kier alpha value is -4.26. The van der Waals surface area contributed by atoms with Crippen LogP contribution in [0.2, 0.25) is 0 Å². The molecule has 3 aromatic carbocycles. The molecule has 7 nitrogen and oxygen atoms in total. The van der Waals surface area contributed by atoms with Crippen LogP contribution in [0.5, 0.6) is 11.5 Å². The first kappa shape index (κ1) is 22.5. The molecule has 1 aliphatic heterocycles. The number of aromatic nitrogens is 2. The minimum absolute atomic E-state index is 0.194. The Morgan fingerprint density at radius 3 is 2.54 bits per heavy atom. The third-order valence-electron chi connectivity index (χ3n) is 6.43. The van der Waals surface area contributed by atoms with E-state index in [2.05, 4.69) is 21.3 Å². The number of para-hydroxylation sites is 3. The monoisotopic (exact) mass is 468 g/mol. The minimum atomic E-state index is -0.491. The Kier molecular flexibility index (Phi) is 5.68. The maximum atomic E-state index is 13.9. The van der Waals surface area contributed by atoms with E-state index in [1.54, 1.807) is 14.2 Å². The summed E-state index contributed by atoms with van der Waals surface area (Å²) in [5.41, 5.74) is 6.78. The van der Waals surface area contributed by atoms with Crippen LogP contribution in [0.3, 0.4) is 0 Å². The van der Waals surface area contributed by atoms with Crippen molar-refractivity contribution in [1.82, 2.24) is 9.55 Å². The Balaban J connectivity index is 1.72. The Bertz CT molecular complexity index is 1490. The van der Waals surface area contributed by atoms with E-state index in [4.69, 9.17) is 14.5 Å². The fourth-order valence-corrected chi connectivity index (χ4v) is 4.82. The molecule has 0 unspecified atom stereocenters. The van der Waals surface area contributed by atoms with Crippen LogP contribution < -0.4 is 20.1 Å². The quantitative estimate of drug-likeness (QED) is 0.399. The van der Waals surface area contributed by atoms with Crippen LogP contribution in [0.4, 0.5) is 11.6 Å².